The Balaban J connectivity index is 1.76. The fraction of sp³-hybridized carbons (Fsp3) is 0.650. The quantitative estimate of drug-likeness (QED) is 0.814. The Kier molecular flexibility index (Phi) is 5.54. The Hall–Kier alpha value is -1.60. The summed E-state index contributed by atoms with van der Waals surface area (Å²) in [6.07, 6.45) is 0.557. The van der Waals surface area contributed by atoms with Crippen LogP contribution in [0.15, 0.2) is 24.3 Å². The lowest BCUT2D eigenvalue weighted by Gasteiger charge is -2.37. The minimum Gasteiger partial charge on any atom is -0.396 e. The molecule has 0 aliphatic heterocycles. The lowest BCUT2D eigenvalue weighted by molar-refractivity contribution is -0.258. The summed E-state index contributed by atoms with van der Waals surface area (Å²) >= 11 is 0. The van der Waals surface area contributed by atoms with Crippen LogP contribution < -0.4 is 0 Å². The number of halogens is 3. The highest BCUT2D eigenvalue weighted by atomic mass is 19.4. The summed E-state index contributed by atoms with van der Waals surface area (Å²) < 4.78 is 38.9. The van der Waals surface area contributed by atoms with Gasteiger partial charge in [0.25, 0.3) is 5.91 Å². The van der Waals surface area contributed by atoms with Crippen LogP contribution in [0.4, 0.5) is 13.2 Å². The number of nitrogens with zero attached hydrogens (tertiary/aromatic N) is 1. The smallest absolute Gasteiger partial charge is 0.396 e. The van der Waals surface area contributed by atoms with Crippen LogP contribution >= 0.6 is 0 Å². The molecule has 4 nitrogen and oxygen atoms in total. The zero-order valence-electron chi connectivity index (χ0n) is 15.4. The molecule has 0 saturated heterocycles. The number of alkyl halides is 3. The van der Waals surface area contributed by atoms with Crippen LogP contribution in [0.5, 0.6) is 0 Å². The second kappa shape index (κ2) is 7.43. The van der Waals surface area contributed by atoms with Crippen molar-refractivity contribution in [2.75, 3.05) is 6.61 Å². The predicted molar refractivity (Wildman–Crippen MR) is 94.1 cm³/mol. The molecule has 2 aliphatic carbocycles. The lowest BCUT2D eigenvalue weighted by Crippen LogP contribution is -2.44. The Morgan fingerprint density at radius 2 is 1.52 bits per heavy atom. The van der Waals surface area contributed by atoms with E-state index in [9.17, 15) is 28.2 Å². The van der Waals surface area contributed by atoms with Gasteiger partial charge in [-0.2, -0.15) is 13.2 Å². The van der Waals surface area contributed by atoms with E-state index in [2.05, 4.69) is 0 Å². The number of rotatable bonds is 5. The van der Waals surface area contributed by atoms with E-state index < -0.39 is 11.8 Å². The lowest BCUT2D eigenvalue weighted by atomic mass is 9.85. The molecule has 1 atom stereocenters. The van der Waals surface area contributed by atoms with Crippen molar-refractivity contribution in [3.8, 4) is 0 Å². The third-order valence-electron chi connectivity index (χ3n) is 5.89. The summed E-state index contributed by atoms with van der Waals surface area (Å²) in [6, 6.07) is 5.40. The molecule has 0 spiro atoms. The summed E-state index contributed by atoms with van der Waals surface area (Å²) in [5.41, 5.74) is -2.89. The normalized spacial score (nSPS) is 25.7. The van der Waals surface area contributed by atoms with Crippen LogP contribution in [0.2, 0.25) is 0 Å². The molecule has 1 amide bonds. The number of aliphatic hydroxyl groups is 2. The SMILES string of the molecule is CC(O)(c1ccc(C(=O)N(C2CCC(CO)CC2)C2CC2)cc1)C(F)(F)F. The zero-order chi connectivity index (χ0) is 19.8. The van der Waals surface area contributed by atoms with Gasteiger partial charge in [-0.3, -0.25) is 4.79 Å². The largest absolute Gasteiger partial charge is 0.421 e. The number of amides is 1. The molecular formula is C20H26F3NO3. The first-order chi connectivity index (χ1) is 12.6. The average Bonchev–Trinajstić information content (AvgIpc) is 3.46. The maximum absolute atomic E-state index is 13.0. The van der Waals surface area contributed by atoms with Gasteiger partial charge in [-0.1, -0.05) is 12.1 Å². The second-order valence-electron chi connectivity index (χ2n) is 7.95. The Labute approximate surface area is 157 Å². The Bertz CT molecular complexity index is 660. The molecule has 27 heavy (non-hydrogen) atoms. The van der Waals surface area contributed by atoms with Gasteiger partial charge in [0.2, 0.25) is 0 Å². The first-order valence-corrected chi connectivity index (χ1v) is 9.48. The first-order valence-electron chi connectivity index (χ1n) is 9.48. The van der Waals surface area contributed by atoms with Crippen LogP contribution in [-0.2, 0) is 5.60 Å². The molecule has 0 heterocycles. The van der Waals surface area contributed by atoms with Gasteiger partial charge in [0.1, 0.15) is 0 Å². The number of benzene rings is 1. The molecule has 7 heteroatoms. The number of carbonyl (C=O) groups is 1. The second-order valence-corrected chi connectivity index (χ2v) is 7.95. The van der Waals surface area contributed by atoms with Crippen molar-refractivity contribution in [3.63, 3.8) is 0 Å². The van der Waals surface area contributed by atoms with Crippen molar-refractivity contribution in [2.45, 2.75) is 69.3 Å². The molecule has 2 saturated carbocycles. The van der Waals surface area contributed by atoms with E-state index in [0.29, 0.717) is 18.4 Å². The maximum Gasteiger partial charge on any atom is 0.421 e. The van der Waals surface area contributed by atoms with E-state index in [4.69, 9.17) is 0 Å². The number of hydrogen-bond donors (Lipinski definition) is 2. The molecule has 1 aromatic rings. The standard InChI is InChI=1S/C20H26F3NO3/c1-19(27,20(21,22)23)15-6-4-14(5-7-15)18(26)24(17-10-11-17)16-8-2-13(12-25)3-9-16/h4-7,13,16-17,25,27H,2-3,8-12H2,1H3. The summed E-state index contributed by atoms with van der Waals surface area (Å²) in [5, 5.41) is 19.1. The van der Waals surface area contributed by atoms with Crippen LogP contribution in [0.3, 0.4) is 0 Å². The van der Waals surface area contributed by atoms with Gasteiger partial charge in [0, 0.05) is 24.3 Å². The maximum atomic E-state index is 13.0. The summed E-state index contributed by atoms with van der Waals surface area (Å²) in [4.78, 5) is 14.9. The molecule has 0 aromatic heterocycles. The average molecular weight is 385 g/mol. The summed E-state index contributed by atoms with van der Waals surface area (Å²) in [6.45, 7) is 0.880. The minimum absolute atomic E-state index is 0.116. The fourth-order valence-electron chi connectivity index (χ4n) is 3.84. The fourth-order valence-corrected chi connectivity index (χ4v) is 3.84. The van der Waals surface area contributed by atoms with E-state index >= 15 is 0 Å². The molecule has 1 aromatic carbocycles. The van der Waals surface area contributed by atoms with Crippen LogP contribution in [-0.4, -0.2) is 45.9 Å². The Morgan fingerprint density at radius 3 is 1.93 bits per heavy atom. The monoisotopic (exact) mass is 385 g/mol. The Morgan fingerprint density at radius 1 is 1.04 bits per heavy atom. The van der Waals surface area contributed by atoms with Crippen molar-refractivity contribution in [1.82, 2.24) is 4.90 Å². The van der Waals surface area contributed by atoms with Gasteiger partial charge in [-0.05, 0) is 69.1 Å². The molecular weight excluding hydrogens is 359 g/mol. The van der Waals surface area contributed by atoms with Gasteiger partial charge >= 0.3 is 6.18 Å². The third-order valence-corrected chi connectivity index (χ3v) is 5.89. The van der Waals surface area contributed by atoms with Crippen molar-refractivity contribution in [3.05, 3.63) is 35.4 Å². The van der Waals surface area contributed by atoms with Gasteiger partial charge in [-0.25, -0.2) is 0 Å². The minimum atomic E-state index is -4.79. The number of carbonyl (C=O) groups excluding carboxylic acids is 1. The molecule has 0 radical (unpaired) electrons. The molecule has 0 bridgehead atoms. The molecule has 2 aliphatic rings. The molecule has 2 N–H and O–H groups in total. The van der Waals surface area contributed by atoms with Gasteiger partial charge in [0.05, 0.1) is 0 Å². The van der Waals surface area contributed by atoms with Crippen LogP contribution in [0.1, 0.15) is 61.4 Å². The highest BCUT2D eigenvalue weighted by Gasteiger charge is 2.51. The molecule has 3 rings (SSSR count). The molecule has 1 unspecified atom stereocenters. The third kappa shape index (κ3) is 4.14. The number of hydrogen-bond acceptors (Lipinski definition) is 3. The topological polar surface area (TPSA) is 60.8 Å². The zero-order valence-corrected chi connectivity index (χ0v) is 15.4. The summed E-state index contributed by atoms with van der Waals surface area (Å²) in [7, 11) is 0. The highest BCUT2D eigenvalue weighted by molar-refractivity contribution is 5.95. The van der Waals surface area contributed by atoms with Crippen molar-refractivity contribution in [1.29, 1.82) is 0 Å². The van der Waals surface area contributed by atoms with Crippen LogP contribution in [0, 0.1) is 5.92 Å². The van der Waals surface area contributed by atoms with Gasteiger partial charge in [0.15, 0.2) is 5.60 Å². The van der Waals surface area contributed by atoms with Crippen molar-refractivity contribution in [2.24, 2.45) is 5.92 Å². The molecule has 150 valence electrons. The number of aliphatic hydroxyl groups excluding tert-OH is 1. The van der Waals surface area contributed by atoms with Crippen molar-refractivity contribution >= 4 is 5.91 Å². The van der Waals surface area contributed by atoms with Gasteiger partial charge < -0.3 is 15.1 Å². The predicted octanol–water partition coefficient (Wildman–Crippen LogP) is 3.61. The van der Waals surface area contributed by atoms with E-state index in [-0.39, 0.29) is 30.2 Å². The van der Waals surface area contributed by atoms with Crippen molar-refractivity contribution < 1.29 is 28.2 Å². The summed E-state index contributed by atoms with van der Waals surface area (Å²) in [5.74, 6) is 0.129. The molecule has 2 fully saturated rings. The van der Waals surface area contributed by atoms with E-state index in [1.165, 1.54) is 24.3 Å². The van der Waals surface area contributed by atoms with E-state index in [1.807, 2.05) is 4.90 Å². The van der Waals surface area contributed by atoms with E-state index in [1.54, 1.807) is 0 Å². The van der Waals surface area contributed by atoms with E-state index in [0.717, 1.165) is 38.5 Å². The van der Waals surface area contributed by atoms with Crippen LogP contribution in [0.25, 0.3) is 0 Å². The highest BCUT2D eigenvalue weighted by Crippen LogP contribution is 2.39. The first kappa shape index (κ1) is 20.1. The van der Waals surface area contributed by atoms with Gasteiger partial charge in [-0.15, -0.1) is 0 Å².